The quantitative estimate of drug-likeness (QED) is 0.165. The third-order valence-corrected chi connectivity index (χ3v) is 11.1. The highest BCUT2D eigenvalue weighted by Gasteiger charge is 2.36. The maximum atomic E-state index is 2.47. The third kappa shape index (κ3) is 5.04. The first kappa shape index (κ1) is 31.9. The fourth-order valence-electron chi connectivity index (χ4n) is 8.67. The van der Waals surface area contributed by atoms with Crippen LogP contribution in [0.4, 0.5) is 34.1 Å². The van der Waals surface area contributed by atoms with Gasteiger partial charge in [-0.15, -0.1) is 0 Å². The Bertz CT molecular complexity index is 2750. The Labute approximate surface area is 316 Å². The van der Waals surface area contributed by atoms with Gasteiger partial charge >= 0.3 is 0 Å². The first-order valence-corrected chi connectivity index (χ1v) is 18.7. The van der Waals surface area contributed by atoms with Gasteiger partial charge < -0.3 is 14.4 Å². The summed E-state index contributed by atoms with van der Waals surface area (Å²) >= 11 is 0. The molecule has 0 atom stereocenters. The molecule has 3 nitrogen and oxygen atoms in total. The van der Waals surface area contributed by atoms with E-state index in [0.717, 1.165) is 45.3 Å². The second-order valence-electron chi connectivity index (χ2n) is 14.6. The van der Waals surface area contributed by atoms with Crippen LogP contribution in [0.5, 0.6) is 0 Å². The van der Waals surface area contributed by atoms with E-state index in [-0.39, 0.29) is 5.41 Å². The van der Waals surface area contributed by atoms with Crippen LogP contribution in [0.15, 0.2) is 200 Å². The van der Waals surface area contributed by atoms with Crippen molar-refractivity contribution >= 4 is 55.9 Å². The van der Waals surface area contributed by atoms with Crippen molar-refractivity contribution in [3.8, 4) is 16.8 Å². The molecule has 9 aromatic rings. The molecule has 1 aromatic heterocycles. The number of hydrogen-bond donors (Lipinski definition) is 0. The Morgan fingerprint density at radius 3 is 1.59 bits per heavy atom. The number of anilines is 6. The molecular formula is C51H39N3. The summed E-state index contributed by atoms with van der Waals surface area (Å²) in [5, 5.41) is 2.40. The normalized spacial score (nSPS) is 12.8. The number of fused-ring (bicyclic) bond motifs is 6. The fraction of sp³-hybridized carbons (Fsp3) is 0.0588. The van der Waals surface area contributed by atoms with Crippen LogP contribution in [-0.4, -0.2) is 4.57 Å². The number of nitrogens with zero attached hydrogens (tertiary/aromatic N) is 3. The lowest BCUT2D eigenvalue weighted by atomic mass is 9.82. The summed E-state index contributed by atoms with van der Waals surface area (Å²) < 4.78 is 2.43. The molecule has 0 amide bonds. The van der Waals surface area contributed by atoms with Crippen molar-refractivity contribution in [2.24, 2.45) is 0 Å². The number of para-hydroxylation sites is 5. The maximum absolute atomic E-state index is 2.47. The van der Waals surface area contributed by atoms with E-state index in [0.29, 0.717) is 0 Å². The van der Waals surface area contributed by atoms with E-state index in [1.165, 1.54) is 38.5 Å². The Morgan fingerprint density at radius 2 is 0.926 bits per heavy atom. The maximum Gasteiger partial charge on any atom is 0.0583 e. The van der Waals surface area contributed by atoms with Crippen LogP contribution in [0, 0.1) is 0 Å². The standard InChI is InChI=1S/C51H39N3/c1-51(2)45-29-17-15-27-42(45)44-33-40(31-32-46(44)51)53(38-23-11-5-12-24-38)48-34-41(52(36-19-7-3-8-20-36)37-21-9-4-10-22-37)35-49-50(48)43-28-16-18-30-47(43)54(49)39-25-13-6-14-26-39/h3-35H,1-2H3. The molecule has 1 aliphatic carbocycles. The van der Waals surface area contributed by atoms with Crippen LogP contribution in [0.2, 0.25) is 0 Å². The number of aromatic nitrogens is 1. The van der Waals surface area contributed by atoms with Gasteiger partial charge in [0.2, 0.25) is 0 Å². The van der Waals surface area contributed by atoms with Crippen LogP contribution in [-0.2, 0) is 5.41 Å². The van der Waals surface area contributed by atoms with E-state index >= 15 is 0 Å². The largest absolute Gasteiger partial charge is 0.310 e. The molecule has 0 aliphatic heterocycles. The summed E-state index contributed by atoms with van der Waals surface area (Å²) in [4.78, 5) is 4.84. The molecule has 0 bridgehead atoms. The molecule has 0 spiro atoms. The number of benzene rings is 8. The van der Waals surface area contributed by atoms with E-state index in [4.69, 9.17) is 0 Å². The Balaban J connectivity index is 1.33. The van der Waals surface area contributed by atoms with E-state index < -0.39 is 0 Å². The van der Waals surface area contributed by atoms with Gasteiger partial charge in [-0.05, 0) is 101 Å². The minimum Gasteiger partial charge on any atom is -0.310 e. The molecule has 0 radical (unpaired) electrons. The molecule has 0 fully saturated rings. The topological polar surface area (TPSA) is 11.4 Å². The first-order valence-electron chi connectivity index (χ1n) is 18.7. The predicted molar refractivity (Wildman–Crippen MR) is 228 cm³/mol. The van der Waals surface area contributed by atoms with Crippen LogP contribution in [0.25, 0.3) is 38.6 Å². The van der Waals surface area contributed by atoms with Gasteiger partial charge in [-0.2, -0.15) is 0 Å². The molecular weight excluding hydrogens is 655 g/mol. The van der Waals surface area contributed by atoms with Crippen molar-refractivity contribution in [1.29, 1.82) is 0 Å². The molecule has 0 saturated heterocycles. The van der Waals surface area contributed by atoms with E-state index in [2.05, 4.69) is 228 Å². The summed E-state index contributed by atoms with van der Waals surface area (Å²) in [6.45, 7) is 4.69. The summed E-state index contributed by atoms with van der Waals surface area (Å²) in [6.07, 6.45) is 0. The van der Waals surface area contributed by atoms with Crippen LogP contribution >= 0.6 is 0 Å². The molecule has 1 aliphatic rings. The predicted octanol–water partition coefficient (Wildman–Crippen LogP) is 14.0. The van der Waals surface area contributed by atoms with Gasteiger partial charge in [-0.25, -0.2) is 0 Å². The summed E-state index contributed by atoms with van der Waals surface area (Å²) in [5.74, 6) is 0. The summed E-state index contributed by atoms with van der Waals surface area (Å²) in [6, 6.07) is 72.6. The molecule has 10 rings (SSSR count). The van der Waals surface area contributed by atoms with Crippen molar-refractivity contribution in [2.45, 2.75) is 19.3 Å². The van der Waals surface area contributed by atoms with Crippen LogP contribution in [0.3, 0.4) is 0 Å². The minimum atomic E-state index is -0.0792. The highest BCUT2D eigenvalue weighted by molar-refractivity contribution is 6.18. The van der Waals surface area contributed by atoms with Crippen molar-refractivity contribution < 1.29 is 0 Å². The molecule has 258 valence electrons. The Kier molecular flexibility index (Phi) is 7.48. The number of hydrogen-bond acceptors (Lipinski definition) is 2. The zero-order chi connectivity index (χ0) is 36.2. The van der Waals surface area contributed by atoms with Gasteiger partial charge in [0.25, 0.3) is 0 Å². The SMILES string of the molecule is CC1(C)c2ccccc2-c2cc(N(c3ccccc3)c3cc(N(c4ccccc4)c4ccccc4)cc4c3c3ccccc3n4-c3ccccc3)ccc21. The van der Waals surface area contributed by atoms with Crippen LogP contribution < -0.4 is 9.80 Å². The molecule has 8 aromatic carbocycles. The number of rotatable bonds is 7. The first-order chi connectivity index (χ1) is 26.6. The minimum absolute atomic E-state index is 0.0792. The Hall–Kier alpha value is -6.84. The molecule has 1 heterocycles. The zero-order valence-corrected chi connectivity index (χ0v) is 30.4. The van der Waals surface area contributed by atoms with E-state index in [9.17, 15) is 0 Å². The summed E-state index contributed by atoms with van der Waals surface area (Å²) in [5.41, 5.74) is 15.3. The Morgan fingerprint density at radius 1 is 0.389 bits per heavy atom. The lowest BCUT2D eigenvalue weighted by Crippen LogP contribution is -2.16. The second kappa shape index (κ2) is 12.7. The average molecular weight is 694 g/mol. The van der Waals surface area contributed by atoms with Gasteiger partial charge in [0, 0.05) is 44.6 Å². The molecule has 54 heavy (non-hydrogen) atoms. The van der Waals surface area contributed by atoms with Crippen molar-refractivity contribution in [3.63, 3.8) is 0 Å². The highest BCUT2D eigenvalue weighted by Crippen LogP contribution is 2.52. The molecule has 3 heteroatoms. The third-order valence-electron chi connectivity index (χ3n) is 11.1. The van der Waals surface area contributed by atoms with Gasteiger partial charge in [-0.3, -0.25) is 0 Å². The zero-order valence-electron chi connectivity index (χ0n) is 30.4. The van der Waals surface area contributed by atoms with Gasteiger partial charge in [0.05, 0.1) is 22.4 Å². The van der Waals surface area contributed by atoms with Gasteiger partial charge in [-0.1, -0.05) is 135 Å². The molecule has 0 N–H and O–H groups in total. The van der Waals surface area contributed by atoms with E-state index in [1.807, 2.05) is 0 Å². The lowest BCUT2D eigenvalue weighted by Gasteiger charge is -2.31. The highest BCUT2D eigenvalue weighted by atomic mass is 15.2. The molecule has 0 unspecified atom stereocenters. The van der Waals surface area contributed by atoms with Crippen molar-refractivity contribution in [1.82, 2.24) is 4.57 Å². The lowest BCUT2D eigenvalue weighted by molar-refractivity contribution is 0.660. The van der Waals surface area contributed by atoms with E-state index in [1.54, 1.807) is 0 Å². The van der Waals surface area contributed by atoms with Crippen molar-refractivity contribution in [3.05, 3.63) is 211 Å². The van der Waals surface area contributed by atoms with Crippen molar-refractivity contribution in [2.75, 3.05) is 9.80 Å². The second-order valence-corrected chi connectivity index (χ2v) is 14.6. The van der Waals surface area contributed by atoms with Gasteiger partial charge in [0.1, 0.15) is 0 Å². The monoisotopic (exact) mass is 693 g/mol. The van der Waals surface area contributed by atoms with Gasteiger partial charge in [0.15, 0.2) is 0 Å². The average Bonchev–Trinajstić information content (AvgIpc) is 3.68. The summed E-state index contributed by atoms with van der Waals surface area (Å²) in [7, 11) is 0. The fourth-order valence-corrected chi connectivity index (χ4v) is 8.67. The van der Waals surface area contributed by atoms with Crippen LogP contribution in [0.1, 0.15) is 25.0 Å². The smallest absolute Gasteiger partial charge is 0.0583 e. The molecule has 0 saturated carbocycles.